The maximum atomic E-state index is 9.70. The first-order valence-electron chi connectivity index (χ1n) is 6.74. The summed E-state index contributed by atoms with van der Waals surface area (Å²) in [5, 5.41) is 37.8. The van der Waals surface area contributed by atoms with Crippen LogP contribution in [0.2, 0.25) is 0 Å². The van der Waals surface area contributed by atoms with E-state index in [-0.39, 0.29) is 0 Å². The van der Waals surface area contributed by atoms with Gasteiger partial charge in [-0.05, 0) is 19.4 Å². The van der Waals surface area contributed by atoms with Crippen molar-refractivity contribution < 1.29 is 29.9 Å². The number of rotatable bonds is 8. The van der Waals surface area contributed by atoms with E-state index in [0.29, 0.717) is 13.2 Å². The lowest BCUT2D eigenvalue weighted by Gasteiger charge is -2.39. The minimum absolute atomic E-state index is 0.382. The van der Waals surface area contributed by atoms with Crippen LogP contribution in [0, 0.1) is 0 Å². The summed E-state index contributed by atoms with van der Waals surface area (Å²) in [5.74, 6) is 0. The Morgan fingerprint density at radius 3 is 2.26 bits per heavy atom. The minimum atomic E-state index is -1.38. The van der Waals surface area contributed by atoms with E-state index in [2.05, 4.69) is 0 Å². The van der Waals surface area contributed by atoms with Crippen molar-refractivity contribution in [1.29, 1.82) is 0 Å². The summed E-state index contributed by atoms with van der Waals surface area (Å²) in [6.07, 6.45) is -2.22. The van der Waals surface area contributed by atoms with Crippen molar-refractivity contribution >= 4 is 0 Å². The highest BCUT2D eigenvalue weighted by Crippen LogP contribution is 2.22. The van der Waals surface area contributed by atoms with E-state index >= 15 is 0 Å². The van der Waals surface area contributed by atoms with Gasteiger partial charge >= 0.3 is 0 Å². The zero-order valence-electron chi connectivity index (χ0n) is 11.0. The molecule has 1 saturated heterocycles. The maximum absolute atomic E-state index is 9.70. The molecule has 114 valence electrons. The lowest BCUT2D eigenvalue weighted by atomic mass is 9.99. The van der Waals surface area contributed by atoms with Crippen molar-refractivity contribution in [2.24, 2.45) is 5.73 Å². The molecule has 1 fully saturated rings. The smallest absolute Gasteiger partial charge is 0.186 e. The second-order valence-electron chi connectivity index (χ2n) is 4.77. The second kappa shape index (κ2) is 8.80. The molecule has 0 spiro atoms. The molecule has 0 aromatic rings. The first-order valence-corrected chi connectivity index (χ1v) is 6.74. The molecule has 0 radical (unpaired) electrons. The van der Waals surface area contributed by atoms with Crippen LogP contribution in [0.4, 0.5) is 0 Å². The van der Waals surface area contributed by atoms with E-state index < -0.39 is 37.3 Å². The minimum Gasteiger partial charge on any atom is -0.394 e. The van der Waals surface area contributed by atoms with Gasteiger partial charge in [-0.2, -0.15) is 0 Å². The van der Waals surface area contributed by atoms with E-state index in [1.807, 2.05) is 0 Å². The van der Waals surface area contributed by atoms with Crippen LogP contribution in [0.15, 0.2) is 0 Å². The van der Waals surface area contributed by atoms with Crippen molar-refractivity contribution in [2.75, 3.05) is 19.8 Å². The first kappa shape index (κ1) is 16.8. The molecule has 1 unspecified atom stereocenters. The fourth-order valence-corrected chi connectivity index (χ4v) is 2.00. The van der Waals surface area contributed by atoms with Gasteiger partial charge in [-0.15, -0.1) is 0 Å². The van der Waals surface area contributed by atoms with Gasteiger partial charge in [-0.25, -0.2) is 0 Å². The van der Waals surface area contributed by atoms with E-state index in [1.54, 1.807) is 0 Å². The van der Waals surface area contributed by atoms with Crippen molar-refractivity contribution in [3.63, 3.8) is 0 Å². The third-order valence-corrected chi connectivity index (χ3v) is 3.23. The van der Waals surface area contributed by atoms with Gasteiger partial charge in [0.2, 0.25) is 0 Å². The number of nitrogens with two attached hydrogens (primary N) is 1. The van der Waals surface area contributed by atoms with Crippen molar-refractivity contribution in [3.05, 3.63) is 0 Å². The summed E-state index contributed by atoms with van der Waals surface area (Å²) in [5.41, 5.74) is 5.38. The third-order valence-electron chi connectivity index (χ3n) is 3.23. The molecule has 0 bridgehead atoms. The lowest BCUT2D eigenvalue weighted by molar-refractivity contribution is -0.301. The summed E-state index contributed by atoms with van der Waals surface area (Å²) in [4.78, 5) is 0. The van der Waals surface area contributed by atoms with Crippen LogP contribution in [-0.2, 0) is 9.47 Å². The van der Waals surface area contributed by atoms with Gasteiger partial charge in [-0.3, -0.25) is 0 Å². The Hall–Kier alpha value is -0.280. The summed E-state index contributed by atoms with van der Waals surface area (Å²) in [7, 11) is 0. The Labute approximate surface area is 112 Å². The quantitative estimate of drug-likeness (QED) is 0.336. The molecule has 7 heteroatoms. The van der Waals surface area contributed by atoms with E-state index in [0.717, 1.165) is 25.7 Å². The van der Waals surface area contributed by atoms with Gasteiger partial charge in [0.15, 0.2) is 6.29 Å². The summed E-state index contributed by atoms with van der Waals surface area (Å²) in [6, 6.07) is 0. The van der Waals surface area contributed by atoms with Crippen molar-refractivity contribution in [2.45, 2.75) is 56.4 Å². The number of aliphatic hydroxyl groups is 4. The molecule has 5 atom stereocenters. The van der Waals surface area contributed by atoms with E-state index in [9.17, 15) is 15.3 Å². The Morgan fingerprint density at radius 1 is 0.947 bits per heavy atom. The van der Waals surface area contributed by atoms with Crippen LogP contribution in [0.1, 0.15) is 25.7 Å². The highest BCUT2D eigenvalue weighted by molar-refractivity contribution is 4.88. The van der Waals surface area contributed by atoms with Crippen LogP contribution < -0.4 is 5.73 Å². The Kier molecular flexibility index (Phi) is 7.77. The van der Waals surface area contributed by atoms with Crippen LogP contribution in [-0.4, -0.2) is 70.9 Å². The number of ether oxygens (including phenoxy) is 2. The fourth-order valence-electron chi connectivity index (χ4n) is 2.00. The van der Waals surface area contributed by atoms with Crippen molar-refractivity contribution in [3.8, 4) is 0 Å². The number of aliphatic hydroxyl groups excluding tert-OH is 4. The van der Waals surface area contributed by atoms with Crippen LogP contribution in [0.25, 0.3) is 0 Å². The van der Waals surface area contributed by atoms with Gasteiger partial charge in [0.25, 0.3) is 0 Å². The Morgan fingerprint density at radius 2 is 1.63 bits per heavy atom. The molecule has 0 aromatic carbocycles. The van der Waals surface area contributed by atoms with E-state index in [1.165, 1.54) is 0 Å². The number of hydrogen-bond donors (Lipinski definition) is 5. The molecule has 6 N–H and O–H groups in total. The van der Waals surface area contributed by atoms with Crippen LogP contribution in [0.5, 0.6) is 0 Å². The van der Waals surface area contributed by atoms with Gasteiger partial charge in [0.1, 0.15) is 24.4 Å². The largest absolute Gasteiger partial charge is 0.394 e. The SMILES string of the molecule is NCCCCCCOC1O[C@H](CO)[C@H](O)[C@H](O)[C@H]1O. The molecular formula is C12H25NO6. The predicted molar refractivity (Wildman–Crippen MR) is 67.2 cm³/mol. The molecule has 1 aliphatic rings. The molecule has 0 aromatic heterocycles. The number of hydrogen-bond acceptors (Lipinski definition) is 7. The van der Waals surface area contributed by atoms with E-state index in [4.69, 9.17) is 20.3 Å². The monoisotopic (exact) mass is 279 g/mol. The topological polar surface area (TPSA) is 125 Å². The Bertz CT molecular complexity index is 240. The van der Waals surface area contributed by atoms with Gasteiger partial charge < -0.3 is 35.6 Å². The Balaban J connectivity index is 2.28. The van der Waals surface area contributed by atoms with Crippen LogP contribution >= 0.6 is 0 Å². The third kappa shape index (κ3) is 4.96. The predicted octanol–water partition coefficient (Wildman–Crippen LogP) is -1.68. The zero-order chi connectivity index (χ0) is 14.3. The summed E-state index contributed by atoms with van der Waals surface area (Å²) < 4.78 is 10.5. The van der Waals surface area contributed by atoms with Crippen LogP contribution in [0.3, 0.4) is 0 Å². The van der Waals surface area contributed by atoms with Gasteiger partial charge in [0, 0.05) is 6.61 Å². The average Bonchev–Trinajstić information content (AvgIpc) is 2.42. The molecular weight excluding hydrogens is 254 g/mol. The highest BCUT2D eigenvalue weighted by atomic mass is 16.7. The average molecular weight is 279 g/mol. The molecule has 1 aliphatic heterocycles. The molecule has 0 amide bonds. The molecule has 1 heterocycles. The summed E-state index contributed by atoms with van der Waals surface area (Å²) in [6.45, 7) is 0.613. The van der Waals surface area contributed by atoms with Crippen molar-refractivity contribution in [1.82, 2.24) is 0 Å². The molecule has 7 nitrogen and oxygen atoms in total. The number of unbranched alkanes of at least 4 members (excludes halogenated alkanes) is 3. The fraction of sp³-hybridized carbons (Fsp3) is 1.00. The normalized spacial score (nSPS) is 35.5. The second-order valence-corrected chi connectivity index (χ2v) is 4.77. The summed E-state index contributed by atoms with van der Waals surface area (Å²) >= 11 is 0. The van der Waals surface area contributed by atoms with Gasteiger partial charge in [-0.1, -0.05) is 12.8 Å². The zero-order valence-corrected chi connectivity index (χ0v) is 11.0. The molecule has 1 rings (SSSR count). The van der Waals surface area contributed by atoms with Gasteiger partial charge in [0.05, 0.1) is 6.61 Å². The molecule has 19 heavy (non-hydrogen) atoms. The molecule has 0 aliphatic carbocycles. The lowest BCUT2D eigenvalue weighted by Crippen LogP contribution is -2.59. The molecule has 0 saturated carbocycles. The first-order chi connectivity index (χ1) is 9.11. The maximum Gasteiger partial charge on any atom is 0.186 e. The highest BCUT2D eigenvalue weighted by Gasteiger charge is 2.43. The standard InChI is InChI=1S/C12H25NO6/c13-5-3-1-2-4-6-18-12-11(17)10(16)9(15)8(7-14)19-12/h8-12,14-17H,1-7,13H2/t8-,9+,10+,11-,12?/m1/s1.